The van der Waals surface area contributed by atoms with E-state index in [1.54, 1.807) is 31.2 Å². The molecule has 0 aliphatic heterocycles. The molecule has 0 aliphatic carbocycles. The summed E-state index contributed by atoms with van der Waals surface area (Å²) < 4.78 is 5.40. The van der Waals surface area contributed by atoms with Gasteiger partial charge in [-0.1, -0.05) is 23.5 Å². The van der Waals surface area contributed by atoms with Crippen LogP contribution < -0.4 is 15.4 Å². The van der Waals surface area contributed by atoms with Crippen molar-refractivity contribution >= 4 is 28.8 Å². The summed E-state index contributed by atoms with van der Waals surface area (Å²) in [5, 5.41) is 14.3. The van der Waals surface area contributed by atoms with Gasteiger partial charge in [0.1, 0.15) is 10.8 Å². The van der Waals surface area contributed by atoms with Crippen molar-refractivity contribution in [1.29, 1.82) is 0 Å². The fraction of sp³-hybridized carbons (Fsp3) is 0.200. The minimum atomic E-state index is -0.321. The van der Waals surface area contributed by atoms with Crippen LogP contribution >= 0.6 is 11.3 Å². The molecule has 0 fully saturated rings. The van der Waals surface area contributed by atoms with Crippen LogP contribution in [0.15, 0.2) is 48.5 Å². The minimum Gasteiger partial charge on any atom is -0.494 e. The van der Waals surface area contributed by atoms with E-state index in [-0.39, 0.29) is 11.8 Å². The summed E-state index contributed by atoms with van der Waals surface area (Å²) in [4.78, 5) is 24.4. The van der Waals surface area contributed by atoms with Gasteiger partial charge in [0.15, 0.2) is 0 Å². The normalized spacial score (nSPS) is 10.4. The van der Waals surface area contributed by atoms with Gasteiger partial charge >= 0.3 is 0 Å². The van der Waals surface area contributed by atoms with Gasteiger partial charge in [-0.25, -0.2) is 0 Å². The zero-order valence-electron chi connectivity index (χ0n) is 15.6. The second-order valence-electron chi connectivity index (χ2n) is 5.92. The first-order valence-electron chi connectivity index (χ1n) is 8.76. The van der Waals surface area contributed by atoms with Gasteiger partial charge in [0.2, 0.25) is 5.01 Å². The van der Waals surface area contributed by atoms with Crippen molar-refractivity contribution in [2.75, 3.05) is 11.9 Å². The minimum absolute atomic E-state index is 0.188. The molecular formula is C20H20N4O3S. The average molecular weight is 396 g/mol. The van der Waals surface area contributed by atoms with Crippen LogP contribution in [0.5, 0.6) is 5.75 Å². The van der Waals surface area contributed by atoms with E-state index in [9.17, 15) is 9.59 Å². The molecule has 0 radical (unpaired) electrons. The van der Waals surface area contributed by atoms with Crippen molar-refractivity contribution in [3.63, 3.8) is 0 Å². The number of anilines is 1. The first-order valence-corrected chi connectivity index (χ1v) is 9.58. The summed E-state index contributed by atoms with van der Waals surface area (Å²) in [5.74, 6) is 0.295. The van der Waals surface area contributed by atoms with Gasteiger partial charge in [-0.05, 0) is 55.8 Å². The molecule has 0 unspecified atom stereocenters. The highest BCUT2D eigenvalue weighted by Crippen LogP contribution is 2.15. The lowest BCUT2D eigenvalue weighted by Crippen LogP contribution is -2.22. The molecular weight excluding hydrogens is 376 g/mol. The topological polar surface area (TPSA) is 93.2 Å². The van der Waals surface area contributed by atoms with Crippen LogP contribution in [0.3, 0.4) is 0 Å². The van der Waals surface area contributed by atoms with Crippen LogP contribution in [0.4, 0.5) is 5.69 Å². The Hall–Kier alpha value is -3.26. The Morgan fingerprint density at radius 2 is 1.71 bits per heavy atom. The Morgan fingerprint density at radius 3 is 2.32 bits per heavy atom. The molecule has 7 nitrogen and oxygen atoms in total. The Kier molecular flexibility index (Phi) is 6.33. The number of aromatic nitrogens is 2. The third kappa shape index (κ3) is 5.14. The summed E-state index contributed by atoms with van der Waals surface area (Å²) >= 11 is 1.22. The Bertz CT molecular complexity index is 952. The highest BCUT2D eigenvalue weighted by molar-refractivity contribution is 7.13. The van der Waals surface area contributed by atoms with Gasteiger partial charge in [0, 0.05) is 17.8 Å². The maximum Gasteiger partial charge on any atom is 0.286 e. The number of carbonyl (C=O) groups is 2. The summed E-state index contributed by atoms with van der Waals surface area (Å²) in [6.07, 6.45) is 0. The summed E-state index contributed by atoms with van der Waals surface area (Å²) in [5.41, 5.74) is 2.07. The van der Waals surface area contributed by atoms with Crippen molar-refractivity contribution in [2.45, 2.75) is 20.4 Å². The molecule has 2 amide bonds. The highest BCUT2D eigenvalue weighted by Gasteiger charge is 2.12. The predicted octanol–water partition coefficient (Wildman–Crippen LogP) is 3.43. The summed E-state index contributed by atoms with van der Waals surface area (Å²) in [6.45, 7) is 4.75. The van der Waals surface area contributed by atoms with E-state index in [0.717, 1.165) is 16.3 Å². The maximum atomic E-state index is 12.3. The fourth-order valence-corrected chi connectivity index (χ4v) is 3.02. The molecule has 0 aliphatic rings. The quantitative estimate of drug-likeness (QED) is 0.638. The first kappa shape index (κ1) is 19.5. The molecule has 28 heavy (non-hydrogen) atoms. The smallest absolute Gasteiger partial charge is 0.286 e. The standard InChI is InChI=1S/C20H20N4O3S/c1-3-27-17-10-4-14(5-11-17)12-21-18(25)15-6-8-16(9-7-15)22-19(26)20-24-23-13(2)28-20/h4-11H,3,12H2,1-2H3,(H,21,25)(H,22,26). The van der Waals surface area contributed by atoms with Crippen LogP contribution in [0, 0.1) is 6.92 Å². The number of carbonyl (C=O) groups excluding carboxylic acids is 2. The van der Waals surface area contributed by atoms with E-state index in [0.29, 0.717) is 29.4 Å². The molecule has 0 atom stereocenters. The zero-order valence-corrected chi connectivity index (χ0v) is 16.4. The number of aryl methyl sites for hydroxylation is 1. The van der Waals surface area contributed by atoms with Gasteiger partial charge < -0.3 is 15.4 Å². The Labute approximate surface area is 166 Å². The molecule has 0 spiro atoms. The molecule has 2 N–H and O–H groups in total. The SMILES string of the molecule is CCOc1ccc(CNC(=O)c2ccc(NC(=O)c3nnc(C)s3)cc2)cc1. The number of amides is 2. The molecule has 144 valence electrons. The van der Waals surface area contributed by atoms with E-state index >= 15 is 0 Å². The number of nitrogens with one attached hydrogen (secondary N) is 2. The van der Waals surface area contributed by atoms with E-state index in [4.69, 9.17) is 4.74 Å². The molecule has 1 aromatic heterocycles. The summed E-state index contributed by atoms with van der Waals surface area (Å²) in [6, 6.07) is 14.3. The third-order valence-electron chi connectivity index (χ3n) is 3.81. The van der Waals surface area contributed by atoms with Crippen LogP contribution in [0.1, 0.15) is 37.7 Å². The fourth-order valence-electron chi connectivity index (χ4n) is 2.43. The lowest BCUT2D eigenvalue weighted by atomic mass is 10.1. The molecule has 3 aromatic rings. The highest BCUT2D eigenvalue weighted by atomic mass is 32.1. The van der Waals surface area contributed by atoms with Crippen LogP contribution in [0.2, 0.25) is 0 Å². The van der Waals surface area contributed by atoms with Gasteiger partial charge in [-0.15, -0.1) is 10.2 Å². The number of nitrogens with zero attached hydrogens (tertiary/aromatic N) is 2. The average Bonchev–Trinajstić information content (AvgIpc) is 3.14. The van der Waals surface area contributed by atoms with E-state index in [1.807, 2.05) is 31.2 Å². The second kappa shape index (κ2) is 9.09. The summed E-state index contributed by atoms with van der Waals surface area (Å²) in [7, 11) is 0. The first-order chi connectivity index (χ1) is 13.5. The third-order valence-corrected chi connectivity index (χ3v) is 4.65. The molecule has 3 rings (SSSR count). The van der Waals surface area contributed by atoms with Gasteiger partial charge in [0.05, 0.1) is 6.61 Å². The second-order valence-corrected chi connectivity index (χ2v) is 7.10. The van der Waals surface area contributed by atoms with Crippen molar-refractivity contribution < 1.29 is 14.3 Å². The number of rotatable bonds is 7. The maximum absolute atomic E-state index is 12.3. The van der Waals surface area contributed by atoms with Crippen LogP contribution in [-0.2, 0) is 6.54 Å². The molecule has 0 bridgehead atoms. The van der Waals surface area contributed by atoms with Crippen molar-refractivity contribution in [3.8, 4) is 5.75 Å². The van der Waals surface area contributed by atoms with E-state index in [1.165, 1.54) is 11.3 Å². The number of hydrogen-bond donors (Lipinski definition) is 2. The predicted molar refractivity (Wildman–Crippen MR) is 108 cm³/mol. The molecule has 1 heterocycles. The van der Waals surface area contributed by atoms with E-state index < -0.39 is 0 Å². The van der Waals surface area contributed by atoms with Crippen LogP contribution in [0.25, 0.3) is 0 Å². The van der Waals surface area contributed by atoms with Gasteiger partial charge in [-0.3, -0.25) is 9.59 Å². The van der Waals surface area contributed by atoms with Crippen molar-refractivity contribution in [3.05, 3.63) is 69.7 Å². The van der Waals surface area contributed by atoms with Crippen molar-refractivity contribution in [2.24, 2.45) is 0 Å². The van der Waals surface area contributed by atoms with Gasteiger partial charge in [-0.2, -0.15) is 0 Å². The lowest BCUT2D eigenvalue weighted by molar-refractivity contribution is 0.0950. The molecule has 8 heteroatoms. The monoisotopic (exact) mass is 396 g/mol. The number of ether oxygens (including phenoxy) is 1. The number of benzene rings is 2. The molecule has 0 saturated carbocycles. The lowest BCUT2D eigenvalue weighted by Gasteiger charge is -2.08. The van der Waals surface area contributed by atoms with E-state index in [2.05, 4.69) is 20.8 Å². The molecule has 2 aromatic carbocycles. The van der Waals surface area contributed by atoms with Gasteiger partial charge in [0.25, 0.3) is 11.8 Å². The number of hydrogen-bond acceptors (Lipinski definition) is 6. The van der Waals surface area contributed by atoms with Crippen molar-refractivity contribution in [1.82, 2.24) is 15.5 Å². The van der Waals surface area contributed by atoms with Crippen LogP contribution in [-0.4, -0.2) is 28.6 Å². The Balaban J connectivity index is 1.53. The molecule has 0 saturated heterocycles. The zero-order chi connectivity index (χ0) is 19.9. The Morgan fingerprint density at radius 1 is 1.00 bits per heavy atom. The largest absolute Gasteiger partial charge is 0.494 e.